The molecule has 0 amide bonds. The molecule has 100 valence electrons. The normalized spacial score (nSPS) is 20.2. The Bertz CT molecular complexity index is 396. The van der Waals surface area contributed by atoms with Gasteiger partial charge in [-0.2, -0.15) is 0 Å². The van der Waals surface area contributed by atoms with Crippen LogP contribution in [0.2, 0.25) is 0 Å². The number of likely N-dealkylation sites (tertiary alicyclic amines) is 1. The number of hydrogen-bond acceptors (Lipinski definition) is 2. The monoisotopic (exact) mass is 273 g/mol. The number of piperidine rings is 1. The van der Waals surface area contributed by atoms with E-state index in [9.17, 15) is 9.18 Å². The van der Waals surface area contributed by atoms with Gasteiger partial charge in [0, 0.05) is 13.1 Å². The van der Waals surface area contributed by atoms with E-state index >= 15 is 0 Å². The number of carbonyl (C=O) groups is 1. The third-order valence-electron chi connectivity index (χ3n) is 3.17. The zero-order valence-corrected chi connectivity index (χ0v) is 10.8. The molecule has 1 saturated heterocycles. The van der Waals surface area contributed by atoms with Gasteiger partial charge in [-0.15, -0.1) is 12.4 Å². The van der Waals surface area contributed by atoms with Crippen molar-refractivity contribution in [3.05, 3.63) is 35.6 Å². The molecule has 0 aromatic heterocycles. The van der Waals surface area contributed by atoms with Crippen LogP contribution in [-0.2, 0) is 11.3 Å². The second-order valence-corrected chi connectivity index (χ2v) is 4.54. The highest BCUT2D eigenvalue weighted by Gasteiger charge is 2.25. The van der Waals surface area contributed by atoms with Crippen LogP contribution in [0.5, 0.6) is 0 Å². The molecular formula is C13H17ClFNO2. The van der Waals surface area contributed by atoms with Gasteiger partial charge in [0.1, 0.15) is 5.82 Å². The van der Waals surface area contributed by atoms with E-state index in [-0.39, 0.29) is 24.1 Å². The van der Waals surface area contributed by atoms with Crippen LogP contribution in [0.1, 0.15) is 18.4 Å². The Morgan fingerprint density at radius 3 is 2.67 bits per heavy atom. The fourth-order valence-electron chi connectivity index (χ4n) is 2.25. The molecule has 0 saturated carbocycles. The highest BCUT2D eigenvalue weighted by atomic mass is 35.5. The van der Waals surface area contributed by atoms with Gasteiger partial charge in [-0.05, 0) is 37.1 Å². The SMILES string of the molecule is Cl.O=C(O)C1CCCN(Cc2ccc(F)cc2)C1. The van der Waals surface area contributed by atoms with Gasteiger partial charge in [-0.25, -0.2) is 4.39 Å². The molecule has 1 unspecified atom stereocenters. The fourth-order valence-corrected chi connectivity index (χ4v) is 2.25. The van der Waals surface area contributed by atoms with E-state index in [1.165, 1.54) is 12.1 Å². The molecule has 2 rings (SSSR count). The Morgan fingerprint density at radius 1 is 1.39 bits per heavy atom. The summed E-state index contributed by atoms with van der Waals surface area (Å²) < 4.78 is 12.7. The summed E-state index contributed by atoms with van der Waals surface area (Å²) in [5.41, 5.74) is 1.03. The van der Waals surface area contributed by atoms with E-state index in [0.717, 1.165) is 24.9 Å². The quantitative estimate of drug-likeness (QED) is 0.920. The third-order valence-corrected chi connectivity index (χ3v) is 3.17. The average Bonchev–Trinajstić information content (AvgIpc) is 2.32. The Kier molecular flexibility index (Phi) is 5.56. The molecule has 5 heteroatoms. The third kappa shape index (κ3) is 3.96. The first-order valence-electron chi connectivity index (χ1n) is 5.85. The maximum Gasteiger partial charge on any atom is 0.307 e. The average molecular weight is 274 g/mol. The van der Waals surface area contributed by atoms with Crippen molar-refractivity contribution < 1.29 is 14.3 Å². The summed E-state index contributed by atoms with van der Waals surface area (Å²) in [7, 11) is 0. The number of aliphatic carboxylic acids is 1. The van der Waals surface area contributed by atoms with Crippen molar-refractivity contribution in [3.63, 3.8) is 0 Å². The summed E-state index contributed by atoms with van der Waals surface area (Å²) in [5, 5.41) is 8.98. The summed E-state index contributed by atoms with van der Waals surface area (Å²) in [5.74, 6) is -1.21. The van der Waals surface area contributed by atoms with Crippen molar-refractivity contribution in [2.45, 2.75) is 19.4 Å². The first-order valence-corrected chi connectivity index (χ1v) is 5.85. The van der Waals surface area contributed by atoms with Crippen molar-refractivity contribution in [2.75, 3.05) is 13.1 Å². The lowest BCUT2D eigenvalue weighted by Gasteiger charge is -2.30. The molecule has 1 N–H and O–H groups in total. The van der Waals surface area contributed by atoms with Crippen molar-refractivity contribution in [3.8, 4) is 0 Å². The number of carboxylic acids is 1. The number of halogens is 2. The molecule has 3 nitrogen and oxygen atoms in total. The molecule has 0 radical (unpaired) electrons. The fraction of sp³-hybridized carbons (Fsp3) is 0.462. The molecule has 1 aliphatic heterocycles. The highest BCUT2D eigenvalue weighted by molar-refractivity contribution is 5.85. The van der Waals surface area contributed by atoms with Crippen LogP contribution < -0.4 is 0 Å². The smallest absolute Gasteiger partial charge is 0.307 e. The van der Waals surface area contributed by atoms with Gasteiger partial charge in [0.15, 0.2) is 0 Å². The summed E-state index contributed by atoms with van der Waals surface area (Å²) in [6.07, 6.45) is 1.67. The van der Waals surface area contributed by atoms with E-state index in [2.05, 4.69) is 4.90 Å². The Hall–Kier alpha value is -1.13. The van der Waals surface area contributed by atoms with Crippen LogP contribution in [0.3, 0.4) is 0 Å². The van der Waals surface area contributed by atoms with Crippen LogP contribution in [0.15, 0.2) is 24.3 Å². The first-order chi connectivity index (χ1) is 8.15. The van der Waals surface area contributed by atoms with Crippen LogP contribution in [-0.4, -0.2) is 29.1 Å². The lowest BCUT2D eigenvalue weighted by Crippen LogP contribution is -2.38. The summed E-state index contributed by atoms with van der Waals surface area (Å²) in [6.45, 7) is 2.21. The predicted molar refractivity (Wildman–Crippen MR) is 69.3 cm³/mol. The lowest BCUT2D eigenvalue weighted by atomic mass is 9.98. The topological polar surface area (TPSA) is 40.5 Å². The largest absolute Gasteiger partial charge is 0.481 e. The standard InChI is InChI=1S/C13H16FNO2.ClH/c14-12-5-3-10(4-6-12)8-15-7-1-2-11(9-15)13(16)17;/h3-6,11H,1-2,7-9H2,(H,16,17);1H. The lowest BCUT2D eigenvalue weighted by molar-refractivity contribution is -0.143. The Morgan fingerprint density at radius 2 is 2.06 bits per heavy atom. The van der Waals surface area contributed by atoms with Crippen LogP contribution in [0.25, 0.3) is 0 Å². The molecular weight excluding hydrogens is 257 g/mol. The Balaban J connectivity index is 0.00000162. The van der Waals surface area contributed by atoms with E-state index in [1.807, 2.05) is 0 Å². The van der Waals surface area contributed by atoms with Gasteiger partial charge in [0.25, 0.3) is 0 Å². The van der Waals surface area contributed by atoms with Gasteiger partial charge >= 0.3 is 5.97 Å². The minimum atomic E-state index is -0.714. The summed E-state index contributed by atoms with van der Waals surface area (Å²) >= 11 is 0. The molecule has 18 heavy (non-hydrogen) atoms. The zero-order valence-electron chi connectivity index (χ0n) is 10.0. The second-order valence-electron chi connectivity index (χ2n) is 4.54. The summed E-state index contributed by atoms with van der Waals surface area (Å²) in [6, 6.07) is 6.38. The predicted octanol–water partition coefficient (Wildman–Crippen LogP) is 2.54. The number of hydrogen-bond donors (Lipinski definition) is 1. The second kappa shape index (κ2) is 6.71. The van der Waals surface area contributed by atoms with Crippen LogP contribution >= 0.6 is 12.4 Å². The number of nitrogens with zero attached hydrogens (tertiary/aromatic N) is 1. The molecule has 1 aromatic carbocycles. The van der Waals surface area contributed by atoms with Gasteiger partial charge in [0.2, 0.25) is 0 Å². The molecule has 1 aromatic rings. The van der Waals surface area contributed by atoms with E-state index in [0.29, 0.717) is 13.1 Å². The van der Waals surface area contributed by atoms with E-state index in [1.54, 1.807) is 12.1 Å². The summed E-state index contributed by atoms with van der Waals surface area (Å²) in [4.78, 5) is 13.0. The molecule has 0 bridgehead atoms. The van der Waals surface area contributed by atoms with Crippen molar-refractivity contribution in [1.29, 1.82) is 0 Å². The van der Waals surface area contributed by atoms with Crippen molar-refractivity contribution in [2.24, 2.45) is 5.92 Å². The van der Waals surface area contributed by atoms with E-state index in [4.69, 9.17) is 5.11 Å². The number of benzene rings is 1. The van der Waals surface area contributed by atoms with Gasteiger partial charge in [0.05, 0.1) is 5.92 Å². The zero-order chi connectivity index (χ0) is 12.3. The minimum Gasteiger partial charge on any atom is -0.481 e. The minimum absolute atomic E-state index is 0. The first kappa shape index (κ1) is 14.9. The van der Waals surface area contributed by atoms with Gasteiger partial charge in [-0.1, -0.05) is 12.1 Å². The van der Waals surface area contributed by atoms with Gasteiger partial charge < -0.3 is 5.11 Å². The molecule has 1 aliphatic rings. The van der Waals surface area contributed by atoms with Crippen molar-refractivity contribution >= 4 is 18.4 Å². The van der Waals surface area contributed by atoms with Gasteiger partial charge in [-0.3, -0.25) is 9.69 Å². The highest BCUT2D eigenvalue weighted by Crippen LogP contribution is 2.18. The molecule has 0 aliphatic carbocycles. The van der Waals surface area contributed by atoms with E-state index < -0.39 is 5.97 Å². The van der Waals surface area contributed by atoms with Crippen LogP contribution in [0, 0.1) is 11.7 Å². The van der Waals surface area contributed by atoms with Crippen molar-refractivity contribution in [1.82, 2.24) is 4.90 Å². The molecule has 1 heterocycles. The maximum absolute atomic E-state index is 12.7. The van der Waals surface area contributed by atoms with Crippen LogP contribution in [0.4, 0.5) is 4.39 Å². The molecule has 0 spiro atoms. The Labute approximate surface area is 112 Å². The molecule has 1 atom stereocenters. The maximum atomic E-state index is 12.7. The molecule has 1 fully saturated rings. The number of rotatable bonds is 3. The number of carboxylic acid groups (broad SMARTS) is 1.